The van der Waals surface area contributed by atoms with E-state index in [0.29, 0.717) is 11.4 Å². The second-order valence-corrected chi connectivity index (χ2v) is 5.10. The third kappa shape index (κ3) is 3.68. The van der Waals surface area contributed by atoms with Gasteiger partial charge in [-0.1, -0.05) is 13.0 Å². The van der Waals surface area contributed by atoms with Crippen LogP contribution in [0.1, 0.15) is 24.2 Å². The number of nitrogens with one attached hydrogen (secondary N) is 1. The van der Waals surface area contributed by atoms with Crippen molar-refractivity contribution in [2.24, 2.45) is 5.92 Å². The van der Waals surface area contributed by atoms with Gasteiger partial charge in [-0.25, -0.2) is 4.39 Å². The van der Waals surface area contributed by atoms with E-state index in [1.165, 1.54) is 12.1 Å². The highest BCUT2D eigenvalue weighted by Crippen LogP contribution is 2.20. The predicted octanol–water partition coefficient (Wildman–Crippen LogP) is 3.58. The van der Waals surface area contributed by atoms with Gasteiger partial charge < -0.3 is 5.32 Å². The summed E-state index contributed by atoms with van der Waals surface area (Å²) < 4.78 is 13.4. The van der Waals surface area contributed by atoms with Crippen molar-refractivity contribution in [3.8, 4) is 0 Å². The minimum absolute atomic E-state index is 0.0600. The molecular formula is C12H14BrClFNO. The Morgan fingerprint density at radius 2 is 2.18 bits per heavy atom. The molecular weight excluding hydrogens is 308 g/mol. The van der Waals surface area contributed by atoms with Crippen LogP contribution < -0.4 is 5.32 Å². The van der Waals surface area contributed by atoms with E-state index in [1.807, 2.05) is 13.8 Å². The van der Waals surface area contributed by atoms with E-state index in [4.69, 9.17) is 11.6 Å². The molecule has 0 aliphatic carbocycles. The molecule has 0 bridgehead atoms. The number of hydrogen-bond donors (Lipinski definition) is 1. The summed E-state index contributed by atoms with van der Waals surface area (Å²) in [6.45, 7) is 3.82. The first kappa shape index (κ1) is 14.5. The van der Waals surface area contributed by atoms with E-state index < -0.39 is 5.82 Å². The van der Waals surface area contributed by atoms with Crippen molar-refractivity contribution in [2.45, 2.75) is 19.9 Å². The van der Waals surface area contributed by atoms with Gasteiger partial charge in [-0.3, -0.25) is 4.79 Å². The van der Waals surface area contributed by atoms with E-state index >= 15 is 0 Å². The molecule has 2 unspecified atom stereocenters. The van der Waals surface area contributed by atoms with Crippen LogP contribution in [0, 0.1) is 11.7 Å². The maximum Gasteiger partial charge on any atom is 0.252 e. The number of carbonyl (C=O) groups excluding carboxylic acids is 1. The van der Waals surface area contributed by atoms with Crippen molar-refractivity contribution in [3.05, 3.63) is 34.1 Å². The molecule has 0 heterocycles. The van der Waals surface area contributed by atoms with Gasteiger partial charge in [-0.15, -0.1) is 11.6 Å². The standard InChI is InChI=1S/C12H14BrClFNO/c1-7(6-14)8(2)16-12(17)9-4-3-5-10(15)11(9)13/h3-5,7-8H,6H2,1-2H3,(H,16,17). The molecule has 0 aliphatic heterocycles. The second-order valence-electron chi connectivity index (χ2n) is 4.00. The van der Waals surface area contributed by atoms with Crippen LogP contribution in [0.2, 0.25) is 0 Å². The topological polar surface area (TPSA) is 29.1 Å². The van der Waals surface area contributed by atoms with Gasteiger partial charge in [0.1, 0.15) is 5.82 Å². The first-order valence-electron chi connectivity index (χ1n) is 5.28. The molecule has 5 heteroatoms. The molecule has 2 atom stereocenters. The average Bonchev–Trinajstić information content (AvgIpc) is 2.31. The van der Waals surface area contributed by atoms with Crippen LogP contribution in [0.3, 0.4) is 0 Å². The number of amides is 1. The van der Waals surface area contributed by atoms with Crippen molar-refractivity contribution in [1.29, 1.82) is 0 Å². The smallest absolute Gasteiger partial charge is 0.252 e. The molecule has 1 aromatic rings. The van der Waals surface area contributed by atoms with E-state index in [2.05, 4.69) is 21.2 Å². The number of halogens is 3. The van der Waals surface area contributed by atoms with Crippen molar-refractivity contribution >= 4 is 33.4 Å². The molecule has 0 saturated carbocycles. The highest BCUT2D eigenvalue weighted by atomic mass is 79.9. The summed E-state index contributed by atoms with van der Waals surface area (Å²) in [5.41, 5.74) is 0.290. The molecule has 0 aliphatic rings. The number of carbonyl (C=O) groups is 1. The fraction of sp³-hybridized carbons (Fsp3) is 0.417. The molecule has 0 saturated heterocycles. The van der Waals surface area contributed by atoms with Crippen molar-refractivity contribution in [3.63, 3.8) is 0 Å². The third-order valence-corrected chi connectivity index (χ3v) is 3.94. The second kappa shape index (κ2) is 6.36. The Morgan fingerprint density at radius 3 is 2.76 bits per heavy atom. The van der Waals surface area contributed by atoms with Crippen LogP contribution in [-0.4, -0.2) is 17.8 Å². The van der Waals surface area contributed by atoms with E-state index in [9.17, 15) is 9.18 Å². The molecule has 1 amide bonds. The minimum atomic E-state index is -0.448. The summed E-state index contributed by atoms with van der Waals surface area (Å²) in [4.78, 5) is 11.9. The minimum Gasteiger partial charge on any atom is -0.349 e. The summed E-state index contributed by atoms with van der Waals surface area (Å²) in [6.07, 6.45) is 0. The monoisotopic (exact) mass is 321 g/mol. The molecule has 1 aromatic carbocycles. The Labute approximate surface area is 114 Å². The Kier molecular flexibility index (Phi) is 5.40. The first-order valence-corrected chi connectivity index (χ1v) is 6.61. The average molecular weight is 323 g/mol. The van der Waals surface area contributed by atoms with Gasteiger partial charge in [0.25, 0.3) is 5.91 Å². The zero-order valence-electron chi connectivity index (χ0n) is 9.64. The number of alkyl halides is 1. The zero-order chi connectivity index (χ0) is 13.0. The largest absolute Gasteiger partial charge is 0.349 e. The maximum absolute atomic E-state index is 13.3. The van der Waals surface area contributed by atoms with Crippen LogP contribution in [-0.2, 0) is 0 Å². The normalized spacial score (nSPS) is 14.2. The third-order valence-electron chi connectivity index (χ3n) is 2.65. The van der Waals surface area contributed by atoms with Gasteiger partial charge in [0, 0.05) is 11.9 Å². The van der Waals surface area contributed by atoms with Crippen molar-refractivity contribution in [2.75, 3.05) is 5.88 Å². The summed E-state index contributed by atoms with van der Waals surface area (Å²) >= 11 is 8.78. The van der Waals surface area contributed by atoms with Crippen LogP contribution in [0.4, 0.5) is 4.39 Å². The summed E-state index contributed by atoms with van der Waals surface area (Å²) in [7, 11) is 0. The molecule has 0 spiro atoms. The number of rotatable bonds is 4. The van der Waals surface area contributed by atoms with Gasteiger partial charge in [0.05, 0.1) is 10.0 Å². The van der Waals surface area contributed by atoms with Crippen molar-refractivity contribution < 1.29 is 9.18 Å². The van der Waals surface area contributed by atoms with Crippen molar-refractivity contribution in [1.82, 2.24) is 5.32 Å². The Hall–Kier alpha value is -0.610. The highest BCUT2D eigenvalue weighted by Gasteiger charge is 2.17. The SMILES string of the molecule is CC(CCl)C(C)NC(=O)c1cccc(F)c1Br. The Bertz CT molecular complexity index is 413. The maximum atomic E-state index is 13.3. The molecule has 2 nitrogen and oxygen atoms in total. The van der Waals surface area contributed by atoms with Crippen LogP contribution in [0.5, 0.6) is 0 Å². The van der Waals surface area contributed by atoms with Crippen LogP contribution in [0.25, 0.3) is 0 Å². The summed E-state index contributed by atoms with van der Waals surface area (Å²) in [6, 6.07) is 4.31. The van der Waals surface area contributed by atoms with Crippen LogP contribution >= 0.6 is 27.5 Å². The molecule has 0 radical (unpaired) electrons. The lowest BCUT2D eigenvalue weighted by Crippen LogP contribution is -2.37. The molecule has 17 heavy (non-hydrogen) atoms. The quantitative estimate of drug-likeness (QED) is 0.844. The fourth-order valence-corrected chi connectivity index (χ4v) is 1.95. The first-order chi connectivity index (χ1) is 7.97. The van der Waals surface area contributed by atoms with Gasteiger partial charge in [-0.05, 0) is 40.9 Å². The fourth-order valence-electron chi connectivity index (χ4n) is 1.24. The lowest BCUT2D eigenvalue weighted by Gasteiger charge is -2.19. The van der Waals surface area contributed by atoms with E-state index in [-0.39, 0.29) is 22.3 Å². The summed E-state index contributed by atoms with van der Waals surface area (Å²) in [5.74, 6) is -0.129. The highest BCUT2D eigenvalue weighted by molar-refractivity contribution is 9.10. The molecule has 94 valence electrons. The lowest BCUT2D eigenvalue weighted by atomic mass is 10.1. The zero-order valence-corrected chi connectivity index (χ0v) is 12.0. The Morgan fingerprint density at radius 1 is 1.53 bits per heavy atom. The van der Waals surface area contributed by atoms with Gasteiger partial charge in [-0.2, -0.15) is 0 Å². The van der Waals surface area contributed by atoms with E-state index in [1.54, 1.807) is 6.07 Å². The molecule has 1 N–H and O–H groups in total. The van der Waals surface area contributed by atoms with E-state index in [0.717, 1.165) is 0 Å². The lowest BCUT2D eigenvalue weighted by molar-refractivity contribution is 0.0929. The summed E-state index contributed by atoms with van der Waals surface area (Å²) in [5, 5.41) is 2.79. The van der Waals surface area contributed by atoms with Gasteiger partial charge in [0.15, 0.2) is 0 Å². The van der Waals surface area contributed by atoms with Crippen LogP contribution in [0.15, 0.2) is 22.7 Å². The number of hydrogen-bond acceptors (Lipinski definition) is 1. The molecule has 0 fully saturated rings. The predicted molar refractivity (Wildman–Crippen MR) is 70.9 cm³/mol. The molecule has 0 aromatic heterocycles. The van der Waals surface area contributed by atoms with Gasteiger partial charge >= 0.3 is 0 Å². The number of benzene rings is 1. The Balaban J connectivity index is 2.80. The molecule has 1 rings (SSSR count). The van der Waals surface area contributed by atoms with Gasteiger partial charge in [0.2, 0.25) is 0 Å².